The van der Waals surface area contributed by atoms with Crippen LogP contribution in [0.4, 0.5) is 0 Å². The van der Waals surface area contributed by atoms with Gasteiger partial charge in [-0.25, -0.2) is 0 Å². The molecule has 0 bridgehead atoms. The SMILES string of the molecule is C=CCC1(C(C)=O)CCC1c1ccccc1. The number of hydrogen-bond acceptors (Lipinski definition) is 1. The Kier molecular flexibility index (Phi) is 2.95. The molecule has 2 atom stereocenters. The van der Waals surface area contributed by atoms with Crippen molar-refractivity contribution in [2.24, 2.45) is 5.41 Å². The summed E-state index contributed by atoms with van der Waals surface area (Å²) in [6.45, 7) is 5.51. The van der Waals surface area contributed by atoms with Gasteiger partial charge in [-0.05, 0) is 37.7 Å². The highest BCUT2D eigenvalue weighted by molar-refractivity contribution is 5.85. The van der Waals surface area contributed by atoms with Gasteiger partial charge in [0.05, 0.1) is 0 Å². The predicted molar refractivity (Wildman–Crippen MR) is 66.3 cm³/mol. The monoisotopic (exact) mass is 214 g/mol. The topological polar surface area (TPSA) is 17.1 Å². The van der Waals surface area contributed by atoms with Crippen LogP contribution in [0.25, 0.3) is 0 Å². The number of ketones is 1. The summed E-state index contributed by atoms with van der Waals surface area (Å²) in [5.74, 6) is 0.705. The summed E-state index contributed by atoms with van der Waals surface area (Å²) in [6.07, 6.45) is 4.82. The van der Waals surface area contributed by atoms with Crippen LogP contribution in [0, 0.1) is 5.41 Å². The molecule has 0 saturated heterocycles. The van der Waals surface area contributed by atoms with E-state index in [0.29, 0.717) is 11.7 Å². The second kappa shape index (κ2) is 4.25. The molecule has 0 N–H and O–H groups in total. The Bertz CT molecular complexity index is 393. The first-order chi connectivity index (χ1) is 7.70. The first-order valence-electron chi connectivity index (χ1n) is 5.87. The van der Waals surface area contributed by atoms with Crippen LogP contribution in [0.2, 0.25) is 0 Å². The van der Waals surface area contributed by atoms with Gasteiger partial charge in [0.15, 0.2) is 0 Å². The van der Waals surface area contributed by atoms with Crippen molar-refractivity contribution in [3.05, 3.63) is 48.6 Å². The lowest BCUT2D eigenvalue weighted by Gasteiger charge is -2.48. The largest absolute Gasteiger partial charge is 0.299 e. The fourth-order valence-electron chi connectivity index (χ4n) is 2.88. The average Bonchev–Trinajstić information content (AvgIpc) is 2.25. The summed E-state index contributed by atoms with van der Waals surface area (Å²) in [4.78, 5) is 11.9. The number of carbonyl (C=O) groups is 1. The molecule has 16 heavy (non-hydrogen) atoms. The maximum Gasteiger partial charge on any atom is 0.136 e. The first-order valence-corrected chi connectivity index (χ1v) is 5.87. The lowest BCUT2D eigenvalue weighted by molar-refractivity contribution is -0.133. The molecule has 1 aliphatic rings. The summed E-state index contributed by atoms with van der Waals surface area (Å²) in [5, 5.41) is 0. The summed E-state index contributed by atoms with van der Waals surface area (Å²) in [7, 11) is 0. The average molecular weight is 214 g/mol. The van der Waals surface area contributed by atoms with E-state index in [9.17, 15) is 4.79 Å². The number of Topliss-reactive ketones (excluding diaryl/α,β-unsaturated/α-hetero) is 1. The summed E-state index contributed by atoms with van der Waals surface area (Å²) >= 11 is 0. The van der Waals surface area contributed by atoms with Gasteiger partial charge in [0.2, 0.25) is 0 Å². The molecule has 1 aromatic rings. The van der Waals surface area contributed by atoms with Crippen LogP contribution in [-0.2, 0) is 4.79 Å². The molecule has 1 saturated carbocycles. The van der Waals surface area contributed by atoms with Crippen molar-refractivity contribution in [1.82, 2.24) is 0 Å². The minimum atomic E-state index is -0.164. The molecule has 1 heteroatoms. The van der Waals surface area contributed by atoms with Gasteiger partial charge in [0.25, 0.3) is 0 Å². The van der Waals surface area contributed by atoms with Gasteiger partial charge < -0.3 is 0 Å². The van der Waals surface area contributed by atoms with Crippen LogP contribution in [0.15, 0.2) is 43.0 Å². The third-order valence-electron chi connectivity index (χ3n) is 3.96. The smallest absolute Gasteiger partial charge is 0.136 e. The highest BCUT2D eigenvalue weighted by Crippen LogP contribution is 2.55. The number of rotatable bonds is 4. The number of allylic oxidation sites excluding steroid dienone is 1. The second-order valence-corrected chi connectivity index (χ2v) is 4.71. The number of benzene rings is 1. The molecule has 1 nitrogen and oxygen atoms in total. The standard InChI is InChI=1S/C15H18O/c1-3-10-15(12(2)16)11-9-14(15)13-7-5-4-6-8-13/h3-8,14H,1,9-11H2,2H3. The minimum Gasteiger partial charge on any atom is -0.299 e. The molecule has 1 aromatic carbocycles. The zero-order chi connectivity index (χ0) is 11.6. The van der Waals surface area contributed by atoms with Gasteiger partial charge in [-0.15, -0.1) is 6.58 Å². The molecule has 0 aromatic heterocycles. The van der Waals surface area contributed by atoms with E-state index in [1.807, 2.05) is 24.3 Å². The van der Waals surface area contributed by atoms with Gasteiger partial charge >= 0.3 is 0 Å². The van der Waals surface area contributed by atoms with Gasteiger partial charge in [-0.2, -0.15) is 0 Å². The van der Waals surface area contributed by atoms with Crippen LogP contribution in [0.1, 0.15) is 37.7 Å². The van der Waals surface area contributed by atoms with E-state index >= 15 is 0 Å². The zero-order valence-electron chi connectivity index (χ0n) is 9.78. The van der Waals surface area contributed by atoms with Crippen LogP contribution < -0.4 is 0 Å². The Balaban J connectivity index is 2.30. The van der Waals surface area contributed by atoms with E-state index in [1.54, 1.807) is 6.92 Å². The quantitative estimate of drug-likeness (QED) is 0.698. The van der Waals surface area contributed by atoms with Crippen LogP contribution in [0.5, 0.6) is 0 Å². The molecule has 2 rings (SSSR count). The first kappa shape index (κ1) is 11.1. The van der Waals surface area contributed by atoms with E-state index in [1.165, 1.54) is 5.56 Å². The van der Waals surface area contributed by atoms with Crippen molar-refractivity contribution in [1.29, 1.82) is 0 Å². The molecule has 2 unspecified atom stereocenters. The fourth-order valence-corrected chi connectivity index (χ4v) is 2.88. The Hall–Kier alpha value is -1.37. The van der Waals surface area contributed by atoms with Crippen molar-refractivity contribution < 1.29 is 4.79 Å². The van der Waals surface area contributed by atoms with Crippen LogP contribution >= 0.6 is 0 Å². The van der Waals surface area contributed by atoms with Crippen LogP contribution in [0.3, 0.4) is 0 Å². The van der Waals surface area contributed by atoms with E-state index in [0.717, 1.165) is 19.3 Å². The normalized spacial score (nSPS) is 28.2. The molecule has 0 spiro atoms. The Morgan fingerprint density at radius 1 is 1.50 bits per heavy atom. The Morgan fingerprint density at radius 3 is 2.62 bits per heavy atom. The zero-order valence-corrected chi connectivity index (χ0v) is 9.78. The molecule has 0 amide bonds. The van der Waals surface area contributed by atoms with Crippen molar-refractivity contribution in [3.63, 3.8) is 0 Å². The fraction of sp³-hybridized carbons (Fsp3) is 0.400. The van der Waals surface area contributed by atoms with Crippen molar-refractivity contribution >= 4 is 5.78 Å². The van der Waals surface area contributed by atoms with Gasteiger partial charge in [-0.3, -0.25) is 4.79 Å². The number of hydrogen-bond donors (Lipinski definition) is 0. The van der Waals surface area contributed by atoms with E-state index < -0.39 is 0 Å². The molecule has 1 fully saturated rings. The van der Waals surface area contributed by atoms with Crippen molar-refractivity contribution in [2.45, 2.75) is 32.1 Å². The Morgan fingerprint density at radius 2 is 2.19 bits per heavy atom. The highest BCUT2D eigenvalue weighted by Gasteiger charge is 2.49. The van der Waals surface area contributed by atoms with Crippen molar-refractivity contribution in [2.75, 3.05) is 0 Å². The van der Waals surface area contributed by atoms with E-state index in [4.69, 9.17) is 0 Å². The lowest BCUT2D eigenvalue weighted by Crippen LogP contribution is -2.43. The molecular formula is C15H18O. The summed E-state index contributed by atoms with van der Waals surface area (Å²) < 4.78 is 0. The Labute approximate surface area is 97.2 Å². The molecule has 0 radical (unpaired) electrons. The minimum absolute atomic E-state index is 0.164. The maximum absolute atomic E-state index is 11.9. The summed E-state index contributed by atoms with van der Waals surface area (Å²) in [5.41, 5.74) is 1.13. The molecule has 84 valence electrons. The third-order valence-corrected chi connectivity index (χ3v) is 3.96. The predicted octanol–water partition coefficient (Wildman–Crippen LogP) is 3.72. The van der Waals surface area contributed by atoms with E-state index in [-0.39, 0.29) is 5.41 Å². The molecule has 0 aliphatic heterocycles. The molecular weight excluding hydrogens is 196 g/mol. The number of carbonyl (C=O) groups excluding carboxylic acids is 1. The molecule has 1 aliphatic carbocycles. The second-order valence-electron chi connectivity index (χ2n) is 4.71. The third kappa shape index (κ3) is 1.60. The maximum atomic E-state index is 11.9. The van der Waals surface area contributed by atoms with Gasteiger partial charge in [0, 0.05) is 5.41 Å². The van der Waals surface area contributed by atoms with Gasteiger partial charge in [0.1, 0.15) is 5.78 Å². The van der Waals surface area contributed by atoms with Gasteiger partial charge in [-0.1, -0.05) is 36.4 Å². The lowest BCUT2D eigenvalue weighted by atomic mass is 9.54. The van der Waals surface area contributed by atoms with Crippen LogP contribution in [-0.4, -0.2) is 5.78 Å². The highest BCUT2D eigenvalue weighted by atomic mass is 16.1. The van der Waals surface area contributed by atoms with Crippen molar-refractivity contribution in [3.8, 4) is 0 Å². The summed E-state index contributed by atoms with van der Waals surface area (Å²) in [6, 6.07) is 10.4. The molecule has 0 heterocycles. The van der Waals surface area contributed by atoms with E-state index in [2.05, 4.69) is 18.7 Å².